The van der Waals surface area contributed by atoms with Gasteiger partial charge in [-0.2, -0.15) is 5.10 Å². The molecule has 0 unspecified atom stereocenters. The number of fused-ring (bicyclic) bond motifs is 1. The molecule has 1 aromatic heterocycles. The third kappa shape index (κ3) is 2.93. The third-order valence-corrected chi connectivity index (χ3v) is 4.54. The van der Waals surface area contributed by atoms with Gasteiger partial charge in [-0.3, -0.25) is 9.89 Å². The van der Waals surface area contributed by atoms with Crippen LogP contribution in [0.5, 0.6) is 5.75 Å². The van der Waals surface area contributed by atoms with Crippen molar-refractivity contribution in [1.82, 2.24) is 10.2 Å². The molecule has 0 saturated carbocycles. The highest BCUT2D eigenvalue weighted by Gasteiger charge is 2.24. The topological polar surface area (TPSA) is 75.2 Å². The Labute approximate surface area is 151 Å². The summed E-state index contributed by atoms with van der Waals surface area (Å²) in [5.74, 6) is 0.733. The highest BCUT2D eigenvalue weighted by molar-refractivity contribution is 6.15. The van der Waals surface area contributed by atoms with Crippen molar-refractivity contribution in [2.75, 3.05) is 7.11 Å². The molecule has 1 aliphatic carbocycles. The van der Waals surface area contributed by atoms with Gasteiger partial charge in [0.1, 0.15) is 5.75 Å². The fourth-order valence-corrected chi connectivity index (χ4v) is 3.23. The molecular weight excluding hydrogens is 328 g/mol. The number of rotatable bonds is 4. The van der Waals surface area contributed by atoms with Crippen LogP contribution < -0.4 is 4.74 Å². The number of ether oxygens (including phenoxy) is 1. The van der Waals surface area contributed by atoms with Gasteiger partial charge in [0.05, 0.1) is 25.1 Å². The Kier molecular flexibility index (Phi) is 4.14. The van der Waals surface area contributed by atoms with Crippen LogP contribution in [0.3, 0.4) is 0 Å². The normalized spacial score (nSPS) is 14.7. The molecule has 3 aromatic rings. The van der Waals surface area contributed by atoms with Crippen LogP contribution in [-0.4, -0.2) is 28.2 Å². The zero-order chi connectivity index (χ0) is 18.1. The maximum absolute atomic E-state index is 12.5. The van der Waals surface area contributed by atoms with Crippen molar-refractivity contribution in [1.29, 1.82) is 0 Å². The summed E-state index contributed by atoms with van der Waals surface area (Å²) < 4.78 is 5.28. The van der Waals surface area contributed by atoms with Gasteiger partial charge in [-0.15, -0.1) is 0 Å². The molecule has 0 spiro atoms. The minimum atomic E-state index is -0.0711. The van der Waals surface area contributed by atoms with E-state index in [2.05, 4.69) is 10.2 Å². The smallest absolute Gasteiger partial charge is 0.189 e. The average molecular weight is 346 g/mol. The Morgan fingerprint density at radius 2 is 2.08 bits per heavy atom. The Balaban J connectivity index is 1.65. The average Bonchev–Trinajstić information content (AvgIpc) is 3.27. The molecule has 5 nitrogen and oxygen atoms in total. The molecule has 2 N–H and O–H groups in total. The van der Waals surface area contributed by atoms with Crippen LogP contribution in [0.25, 0.3) is 17.3 Å². The molecule has 0 saturated heterocycles. The summed E-state index contributed by atoms with van der Waals surface area (Å²) in [6, 6.07) is 15.1. The molecule has 4 rings (SSSR count). The van der Waals surface area contributed by atoms with E-state index in [0.29, 0.717) is 12.2 Å². The monoisotopic (exact) mass is 346 g/mol. The molecule has 2 aromatic carbocycles. The summed E-state index contributed by atoms with van der Waals surface area (Å²) in [6.07, 6.45) is 2.49. The number of hydrogen-bond donors (Lipinski definition) is 2. The number of hydrogen-bond acceptors (Lipinski definition) is 4. The number of ketones is 1. The minimum absolute atomic E-state index is 0.0701. The molecule has 0 aliphatic heterocycles. The number of carbonyl (C=O) groups is 1. The van der Waals surface area contributed by atoms with Gasteiger partial charge in [0.2, 0.25) is 0 Å². The summed E-state index contributed by atoms with van der Waals surface area (Å²) in [6.45, 7) is -0.0711. The van der Waals surface area contributed by atoms with Crippen molar-refractivity contribution in [3.63, 3.8) is 0 Å². The van der Waals surface area contributed by atoms with E-state index in [-0.39, 0.29) is 12.4 Å². The van der Waals surface area contributed by atoms with E-state index >= 15 is 0 Å². The van der Waals surface area contributed by atoms with E-state index in [1.54, 1.807) is 13.2 Å². The molecule has 0 fully saturated rings. The van der Waals surface area contributed by atoms with Crippen LogP contribution >= 0.6 is 0 Å². The second kappa shape index (κ2) is 6.61. The molecular formula is C21H18N2O3. The van der Waals surface area contributed by atoms with Gasteiger partial charge in [0, 0.05) is 23.1 Å². The first-order valence-corrected chi connectivity index (χ1v) is 8.35. The molecule has 26 heavy (non-hydrogen) atoms. The van der Waals surface area contributed by atoms with Gasteiger partial charge in [0.15, 0.2) is 5.78 Å². The van der Waals surface area contributed by atoms with Crippen LogP contribution in [0.15, 0.2) is 54.1 Å². The largest absolute Gasteiger partial charge is 0.497 e. The van der Waals surface area contributed by atoms with Crippen LogP contribution in [0.4, 0.5) is 0 Å². The number of carbonyl (C=O) groups excluding carboxylic acids is 1. The summed E-state index contributed by atoms with van der Waals surface area (Å²) in [4.78, 5) is 12.5. The van der Waals surface area contributed by atoms with Crippen molar-refractivity contribution in [3.05, 3.63) is 76.5 Å². The first-order chi connectivity index (χ1) is 12.7. The first-order valence-electron chi connectivity index (χ1n) is 8.35. The summed E-state index contributed by atoms with van der Waals surface area (Å²) >= 11 is 0. The van der Waals surface area contributed by atoms with E-state index in [9.17, 15) is 9.90 Å². The van der Waals surface area contributed by atoms with Gasteiger partial charge in [-0.25, -0.2) is 0 Å². The first kappa shape index (κ1) is 16.3. The highest BCUT2D eigenvalue weighted by atomic mass is 16.5. The second-order valence-corrected chi connectivity index (χ2v) is 6.27. The van der Waals surface area contributed by atoms with Crippen molar-refractivity contribution in [3.8, 4) is 17.0 Å². The predicted molar refractivity (Wildman–Crippen MR) is 99.0 cm³/mol. The van der Waals surface area contributed by atoms with Crippen molar-refractivity contribution < 1.29 is 14.6 Å². The van der Waals surface area contributed by atoms with Crippen molar-refractivity contribution >= 4 is 11.9 Å². The van der Waals surface area contributed by atoms with E-state index < -0.39 is 0 Å². The third-order valence-electron chi connectivity index (χ3n) is 4.54. The Morgan fingerprint density at radius 1 is 1.23 bits per heavy atom. The summed E-state index contributed by atoms with van der Waals surface area (Å²) in [7, 11) is 1.59. The highest BCUT2D eigenvalue weighted by Crippen LogP contribution is 2.29. The number of aromatic amines is 1. The maximum atomic E-state index is 12.5. The van der Waals surface area contributed by atoms with Crippen molar-refractivity contribution in [2.45, 2.75) is 13.0 Å². The fourth-order valence-electron chi connectivity index (χ4n) is 3.23. The van der Waals surface area contributed by atoms with Gasteiger partial charge >= 0.3 is 0 Å². The minimum Gasteiger partial charge on any atom is -0.497 e. The van der Waals surface area contributed by atoms with E-state index in [1.807, 2.05) is 48.5 Å². The number of nitrogens with one attached hydrogen (secondary N) is 1. The fraction of sp³-hybridized carbons (Fsp3) is 0.143. The van der Waals surface area contributed by atoms with E-state index in [0.717, 1.165) is 39.2 Å². The number of aliphatic hydroxyl groups is 1. The maximum Gasteiger partial charge on any atom is 0.189 e. The molecule has 1 heterocycles. The quantitative estimate of drug-likeness (QED) is 0.710. The number of benzene rings is 2. The van der Waals surface area contributed by atoms with Gasteiger partial charge in [0.25, 0.3) is 0 Å². The van der Waals surface area contributed by atoms with Crippen LogP contribution in [0, 0.1) is 0 Å². The Morgan fingerprint density at radius 3 is 2.85 bits per heavy atom. The summed E-state index contributed by atoms with van der Waals surface area (Å²) in [5.41, 5.74) is 5.68. The number of H-pyrrole nitrogens is 1. The van der Waals surface area contributed by atoms with Crippen LogP contribution in [0.1, 0.15) is 27.2 Å². The predicted octanol–water partition coefficient (Wildman–Crippen LogP) is 3.40. The number of nitrogens with zero attached hydrogens (tertiary/aromatic N) is 1. The molecule has 1 aliphatic rings. The van der Waals surface area contributed by atoms with Crippen LogP contribution in [0.2, 0.25) is 0 Å². The van der Waals surface area contributed by atoms with E-state index in [1.165, 1.54) is 0 Å². The van der Waals surface area contributed by atoms with Gasteiger partial charge < -0.3 is 9.84 Å². The number of allylic oxidation sites excluding steroid dienone is 1. The van der Waals surface area contributed by atoms with Gasteiger partial charge in [-0.1, -0.05) is 24.3 Å². The molecule has 130 valence electrons. The second-order valence-electron chi connectivity index (χ2n) is 6.27. The zero-order valence-corrected chi connectivity index (χ0v) is 14.3. The summed E-state index contributed by atoms with van der Waals surface area (Å²) in [5, 5.41) is 16.7. The lowest BCUT2D eigenvalue weighted by Crippen LogP contribution is -1.94. The lowest BCUT2D eigenvalue weighted by molar-refractivity contribution is 0.104. The lowest BCUT2D eigenvalue weighted by atomic mass is 10.1. The number of methoxy groups -OCH3 is 1. The molecule has 0 amide bonds. The van der Waals surface area contributed by atoms with E-state index in [4.69, 9.17) is 4.74 Å². The molecule has 0 bridgehead atoms. The number of Topliss-reactive ketones (excluding diaryl/α,β-unsaturated/α-hetero) is 1. The standard InChI is InChI=1S/C21H18N2O3/c1-26-18-7-13(12-24)6-15(10-18)20-11-17(22-23-20)9-16-8-14-4-2-3-5-19(14)21(16)25/h2-7,9-11,24H,8,12H2,1H3,(H,22,23)/b16-9+. The molecule has 5 heteroatoms. The van der Waals surface area contributed by atoms with Crippen LogP contribution in [-0.2, 0) is 13.0 Å². The zero-order valence-electron chi connectivity index (χ0n) is 14.3. The lowest BCUT2D eigenvalue weighted by Gasteiger charge is -2.05. The molecule has 0 radical (unpaired) electrons. The van der Waals surface area contributed by atoms with Crippen molar-refractivity contribution in [2.24, 2.45) is 0 Å². The molecule has 0 atom stereocenters. The Hall–Kier alpha value is -3.18. The number of aromatic nitrogens is 2. The SMILES string of the molecule is COc1cc(CO)cc(-c2cc(/C=C3\Cc4ccccc4C3=O)[nH]n2)c1. The number of aliphatic hydroxyl groups excluding tert-OH is 1. The Bertz CT molecular complexity index is 995. The van der Waals surface area contributed by atoms with Gasteiger partial charge in [-0.05, 0) is 41.5 Å².